The van der Waals surface area contributed by atoms with Gasteiger partial charge in [-0.1, -0.05) is 44.9 Å². The molecule has 2 N–H and O–H groups in total. The first kappa shape index (κ1) is 25.8. The fraction of sp³-hybridized carbons (Fsp3) is 0.500. The van der Waals surface area contributed by atoms with Crippen LogP contribution in [0, 0.1) is 5.92 Å². The first-order chi connectivity index (χ1) is 17.4. The Morgan fingerprint density at radius 1 is 0.972 bits per heavy atom. The minimum atomic E-state index is -0.917. The molecule has 2 aliphatic rings. The van der Waals surface area contributed by atoms with Crippen LogP contribution in [0.4, 0.5) is 0 Å². The molecular formula is C28H36N2O6. The highest BCUT2D eigenvalue weighted by atomic mass is 16.7. The zero-order valence-electron chi connectivity index (χ0n) is 21.1. The molecule has 0 unspecified atom stereocenters. The number of phenols is 1. The van der Waals surface area contributed by atoms with E-state index in [-0.39, 0.29) is 30.9 Å². The quantitative estimate of drug-likeness (QED) is 0.476. The second-order valence-electron chi connectivity index (χ2n) is 9.64. The summed E-state index contributed by atoms with van der Waals surface area (Å²) in [6.07, 6.45) is 3.88. The van der Waals surface area contributed by atoms with Crippen molar-refractivity contribution >= 4 is 11.9 Å². The third-order valence-electron chi connectivity index (χ3n) is 7.20. The number of amides is 1. The van der Waals surface area contributed by atoms with Gasteiger partial charge >= 0.3 is 5.97 Å². The van der Waals surface area contributed by atoms with Crippen molar-refractivity contribution in [3.63, 3.8) is 0 Å². The van der Waals surface area contributed by atoms with Gasteiger partial charge in [-0.05, 0) is 48.2 Å². The van der Waals surface area contributed by atoms with E-state index in [0.717, 1.165) is 36.8 Å². The summed E-state index contributed by atoms with van der Waals surface area (Å²) in [5.74, 6) is -0.642. The van der Waals surface area contributed by atoms with Gasteiger partial charge in [-0.25, -0.2) is 0 Å². The van der Waals surface area contributed by atoms with E-state index >= 15 is 0 Å². The second kappa shape index (κ2) is 11.6. The number of likely N-dealkylation sites (tertiary alicyclic amines) is 1. The normalized spacial score (nSPS) is 21.0. The van der Waals surface area contributed by atoms with E-state index in [9.17, 15) is 19.8 Å². The Kier molecular flexibility index (Phi) is 8.36. The zero-order valence-corrected chi connectivity index (χ0v) is 21.1. The summed E-state index contributed by atoms with van der Waals surface area (Å²) >= 11 is 0. The molecule has 36 heavy (non-hydrogen) atoms. The van der Waals surface area contributed by atoms with Gasteiger partial charge in [0.25, 0.3) is 0 Å². The summed E-state index contributed by atoms with van der Waals surface area (Å²) in [4.78, 5) is 30.1. The number of unbranched alkanes of at least 4 members (excludes halogenated alkanes) is 2. The molecule has 0 bridgehead atoms. The Balaban J connectivity index is 1.66. The lowest BCUT2D eigenvalue weighted by Crippen LogP contribution is -2.42. The van der Waals surface area contributed by atoms with Gasteiger partial charge in [0, 0.05) is 31.6 Å². The summed E-state index contributed by atoms with van der Waals surface area (Å²) in [6.45, 7) is 6.34. The second-order valence-corrected chi connectivity index (χ2v) is 9.64. The highest BCUT2D eigenvalue weighted by molar-refractivity contribution is 5.79. The predicted molar refractivity (Wildman–Crippen MR) is 135 cm³/mol. The molecule has 3 atom stereocenters. The Bertz CT molecular complexity index is 1050. The van der Waals surface area contributed by atoms with Gasteiger partial charge in [-0.15, -0.1) is 0 Å². The number of rotatable bonds is 11. The lowest BCUT2D eigenvalue weighted by molar-refractivity contribution is -0.144. The molecule has 8 heteroatoms. The third-order valence-corrected chi connectivity index (χ3v) is 7.20. The first-order valence-corrected chi connectivity index (χ1v) is 12.9. The van der Waals surface area contributed by atoms with E-state index in [1.165, 1.54) is 0 Å². The molecule has 2 heterocycles. The number of hydrogen-bond donors (Lipinski definition) is 2. The van der Waals surface area contributed by atoms with Crippen molar-refractivity contribution in [3.8, 4) is 17.2 Å². The fourth-order valence-electron chi connectivity index (χ4n) is 5.28. The summed E-state index contributed by atoms with van der Waals surface area (Å²) in [7, 11) is 0. The van der Waals surface area contributed by atoms with E-state index in [4.69, 9.17) is 9.47 Å². The predicted octanol–water partition coefficient (Wildman–Crippen LogP) is 4.39. The van der Waals surface area contributed by atoms with Crippen LogP contribution < -0.4 is 9.47 Å². The minimum absolute atomic E-state index is 0.0242. The molecule has 194 valence electrons. The zero-order chi connectivity index (χ0) is 25.7. The minimum Gasteiger partial charge on any atom is -0.508 e. The molecule has 1 fully saturated rings. The molecule has 0 aliphatic carbocycles. The van der Waals surface area contributed by atoms with Crippen molar-refractivity contribution in [1.29, 1.82) is 0 Å². The van der Waals surface area contributed by atoms with Crippen LogP contribution in [0.2, 0.25) is 0 Å². The highest BCUT2D eigenvalue weighted by Gasteiger charge is 2.48. The van der Waals surface area contributed by atoms with Gasteiger partial charge in [0.15, 0.2) is 11.5 Å². The molecule has 0 aromatic heterocycles. The number of aromatic hydroxyl groups is 1. The molecule has 4 rings (SSSR count). The number of hydrogen-bond acceptors (Lipinski definition) is 6. The van der Waals surface area contributed by atoms with Gasteiger partial charge in [-0.3, -0.25) is 14.5 Å². The van der Waals surface area contributed by atoms with E-state index in [0.29, 0.717) is 31.1 Å². The number of benzene rings is 2. The monoisotopic (exact) mass is 496 g/mol. The van der Waals surface area contributed by atoms with Crippen LogP contribution in [0.15, 0.2) is 42.5 Å². The number of fused-ring (bicyclic) bond motifs is 1. The molecule has 1 saturated heterocycles. The Morgan fingerprint density at radius 3 is 2.25 bits per heavy atom. The molecule has 0 radical (unpaired) electrons. The fourth-order valence-corrected chi connectivity index (χ4v) is 5.28. The van der Waals surface area contributed by atoms with Crippen molar-refractivity contribution in [2.24, 2.45) is 5.92 Å². The molecule has 0 spiro atoms. The smallest absolute Gasteiger partial charge is 0.309 e. The van der Waals surface area contributed by atoms with E-state index in [1.807, 2.05) is 28.0 Å². The van der Waals surface area contributed by atoms with Gasteiger partial charge in [0.1, 0.15) is 5.75 Å². The Morgan fingerprint density at radius 2 is 1.61 bits per heavy atom. The number of carbonyl (C=O) groups is 2. The number of carbonyl (C=O) groups excluding carboxylic acids is 1. The van der Waals surface area contributed by atoms with Crippen LogP contribution in [-0.4, -0.2) is 64.9 Å². The van der Waals surface area contributed by atoms with Crippen LogP contribution in [0.1, 0.15) is 62.6 Å². The SMILES string of the molecule is CCCCN(CCCC)C(=O)CN1C[C@H](c2ccc3c(c2)OCO3)[C@@H](C(=O)O)[C@@H]1c1ccc(O)cc1. The van der Waals surface area contributed by atoms with Crippen molar-refractivity contribution in [3.05, 3.63) is 53.6 Å². The van der Waals surface area contributed by atoms with Crippen molar-refractivity contribution in [2.75, 3.05) is 33.0 Å². The molecule has 1 amide bonds. The van der Waals surface area contributed by atoms with Crippen LogP contribution in [0.25, 0.3) is 0 Å². The number of nitrogens with zero attached hydrogens (tertiary/aromatic N) is 2. The lowest BCUT2D eigenvalue weighted by atomic mass is 9.82. The van der Waals surface area contributed by atoms with Crippen molar-refractivity contribution < 1.29 is 29.3 Å². The lowest BCUT2D eigenvalue weighted by Gasteiger charge is -2.30. The van der Waals surface area contributed by atoms with Crippen LogP contribution >= 0.6 is 0 Å². The average molecular weight is 497 g/mol. The molecule has 8 nitrogen and oxygen atoms in total. The largest absolute Gasteiger partial charge is 0.508 e. The maximum atomic E-state index is 13.5. The van der Waals surface area contributed by atoms with Crippen molar-refractivity contribution in [1.82, 2.24) is 9.80 Å². The van der Waals surface area contributed by atoms with Crippen molar-refractivity contribution in [2.45, 2.75) is 51.5 Å². The Hall–Kier alpha value is -3.26. The molecular weight excluding hydrogens is 460 g/mol. The van der Waals surface area contributed by atoms with Gasteiger partial charge < -0.3 is 24.6 Å². The van der Waals surface area contributed by atoms with Crippen LogP contribution in [0.3, 0.4) is 0 Å². The summed E-state index contributed by atoms with van der Waals surface area (Å²) in [5.41, 5.74) is 1.61. The number of aliphatic carboxylic acids is 1. The maximum Gasteiger partial charge on any atom is 0.309 e. The first-order valence-electron chi connectivity index (χ1n) is 12.9. The molecule has 2 aliphatic heterocycles. The van der Waals surface area contributed by atoms with E-state index in [1.54, 1.807) is 24.3 Å². The number of carboxylic acid groups (broad SMARTS) is 1. The summed E-state index contributed by atoms with van der Waals surface area (Å²) in [5, 5.41) is 20.2. The summed E-state index contributed by atoms with van der Waals surface area (Å²) < 4.78 is 11.0. The van der Waals surface area contributed by atoms with Crippen LogP contribution in [0.5, 0.6) is 17.2 Å². The van der Waals surface area contributed by atoms with E-state index in [2.05, 4.69) is 13.8 Å². The van der Waals surface area contributed by atoms with Gasteiger partial charge in [0.2, 0.25) is 12.7 Å². The molecule has 0 saturated carbocycles. The highest BCUT2D eigenvalue weighted by Crippen LogP contribution is 2.47. The molecule has 2 aromatic carbocycles. The maximum absolute atomic E-state index is 13.5. The van der Waals surface area contributed by atoms with Crippen LogP contribution in [-0.2, 0) is 9.59 Å². The number of carboxylic acids is 1. The summed E-state index contributed by atoms with van der Waals surface area (Å²) in [6, 6.07) is 11.7. The third kappa shape index (κ3) is 5.59. The average Bonchev–Trinajstić information content (AvgIpc) is 3.49. The number of phenolic OH excluding ortho intramolecular Hbond substituents is 1. The van der Waals surface area contributed by atoms with Gasteiger partial charge in [-0.2, -0.15) is 0 Å². The Labute approximate surface area is 212 Å². The van der Waals surface area contributed by atoms with E-state index < -0.39 is 17.9 Å². The topological polar surface area (TPSA) is 99.5 Å². The molecule has 2 aromatic rings. The number of ether oxygens (including phenoxy) is 2. The standard InChI is InChI=1S/C28H36N2O6/c1-3-5-13-29(14-6-4-2)25(32)17-30-16-22(20-9-12-23-24(15-20)36-18-35-23)26(28(33)34)27(30)19-7-10-21(31)11-8-19/h7-12,15,22,26-27,31H,3-6,13-14,16-18H2,1-2H3,(H,33,34)/t22-,26-,27+/m1/s1. The van der Waals surface area contributed by atoms with Gasteiger partial charge in [0.05, 0.1) is 12.5 Å².